The lowest BCUT2D eigenvalue weighted by molar-refractivity contribution is -0.127. The number of rotatable bonds is 9. The monoisotopic (exact) mass is 540 g/mol. The van der Waals surface area contributed by atoms with Gasteiger partial charge in [-0.05, 0) is 60.7 Å². The fourth-order valence-corrected chi connectivity index (χ4v) is 4.48. The highest BCUT2D eigenvalue weighted by Crippen LogP contribution is 2.35. The second kappa shape index (κ2) is 11.9. The average Bonchev–Trinajstić information content (AvgIpc) is 3.13. The summed E-state index contributed by atoms with van der Waals surface area (Å²) in [6.07, 6.45) is 1.54. The number of anilines is 1. The van der Waals surface area contributed by atoms with Crippen molar-refractivity contribution in [2.75, 3.05) is 18.5 Å². The predicted octanol–water partition coefficient (Wildman–Crippen LogP) is 6.13. The maximum Gasteiger partial charge on any atom is 0.294 e. The third-order valence-electron chi connectivity index (χ3n) is 5.23. The van der Waals surface area contributed by atoms with Crippen molar-refractivity contribution in [3.8, 4) is 11.5 Å². The van der Waals surface area contributed by atoms with Gasteiger partial charge < -0.3 is 14.8 Å². The molecule has 0 atom stereocenters. The zero-order valence-corrected chi connectivity index (χ0v) is 21.3. The minimum Gasteiger partial charge on any atom is -0.490 e. The molecule has 0 bridgehead atoms. The van der Waals surface area contributed by atoms with Gasteiger partial charge in [0.05, 0.1) is 22.2 Å². The van der Waals surface area contributed by atoms with E-state index in [1.165, 1.54) is 6.07 Å². The second-order valence-electron chi connectivity index (χ2n) is 7.82. The summed E-state index contributed by atoms with van der Waals surface area (Å²) in [7, 11) is 0. The Balaban J connectivity index is 1.46. The topological polar surface area (TPSA) is 84.9 Å². The average molecular weight is 541 g/mol. The zero-order valence-electron chi connectivity index (χ0n) is 19.7. The van der Waals surface area contributed by atoms with E-state index in [9.17, 15) is 18.8 Å². The third kappa shape index (κ3) is 6.49. The quantitative estimate of drug-likeness (QED) is 0.329. The van der Waals surface area contributed by atoms with Gasteiger partial charge in [-0.1, -0.05) is 48.0 Å². The van der Waals surface area contributed by atoms with E-state index < -0.39 is 23.6 Å². The molecule has 0 aromatic heterocycles. The van der Waals surface area contributed by atoms with Gasteiger partial charge in [0.1, 0.15) is 19.0 Å². The molecule has 4 rings (SSSR count). The fraction of sp³-hybridized carbons (Fsp3) is 0.148. The van der Waals surface area contributed by atoms with E-state index in [1.54, 1.807) is 66.7 Å². The Morgan fingerprint density at radius 1 is 1.05 bits per heavy atom. The van der Waals surface area contributed by atoms with E-state index >= 15 is 0 Å². The van der Waals surface area contributed by atoms with Gasteiger partial charge in [-0.15, -0.1) is 0 Å². The SMILES string of the molecule is CCOc1cc(/C=C2/SC(=O)N(CC(=O)Nc3ccccc3Cl)C2=O)ccc1OCc1ccccc1F. The molecule has 37 heavy (non-hydrogen) atoms. The molecule has 1 aliphatic heterocycles. The first-order valence-electron chi connectivity index (χ1n) is 11.3. The number of ether oxygens (including phenoxy) is 2. The van der Waals surface area contributed by atoms with Gasteiger partial charge in [-0.25, -0.2) is 4.39 Å². The lowest BCUT2D eigenvalue weighted by Crippen LogP contribution is -2.36. The number of nitrogens with one attached hydrogen (secondary N) is 1. The molecule has 1 heterocycles. The Morgan fingerprint density at radius 2 is 1.81 bits per heavy atom. The maximum absolute atomic E-state index is 13.9. The van der Waals surface area contributed by atoms with Crippen molar-refractivity contribution in [2.45, 2.75) is 13.5 Å². The summed E-state index contributed by atoms with van der Waals surface area (Å²) in [4.78, 5) is 38.8. The van der Waals surface area contributed by atoms with Crippen LogP contribution in [0.3, 0.4) is 0 Å². The van der Waals surface area contributed by atoms with Crippen molar-refractivity contribution >= 4 is 52.2 Å². The Kier molecular flexibility index (Phi) is 8.47. The molecule has 0 unspecified atom stereocenters. The molecule has 1 saturated heterocycles. The summed E-state index contributed by atoms with van der Waals surface area (Å²) in [6.45, 7) is 1.74. The summed E-state index contributed by atoms with van der Waals surface area (Å²) < 4.78 is 25.4. The number of nitrogens with zero attached hydrogens (tertiary/aromatic N) is 1. The standard InChI is InChI=1S/C27H22ClFN2O5S/c1-2-35-23-13-17(11-12-22(23)36-16-18-7-3-5-9-20(18)29)14-24-26(33)31(27(34)37-24)15-25(32)30-21-10-6-4-8-19(21)28/h3-14H,2,15-16H2,1H3,(H,30,32)/b24-14+. The van der Waals surface area contributed by atoms with Gasteiger partial charge in [0.15, 0.2) is 11.5 Å². The zero-order chi connectivity index (χ0) is 26.4. The third-order valence-corrected chi connectivity index (χ3v) is 6.47. The van der Waals surface area contributed by atoms with E-state index in [0.29, 0.717) is 39.9 Å². The van der Waals surface area contributed by atoms with Crippen molar-refractivity contribution in [3.63, 3.8) is 0 Å². The molecule has 0 spiro atoms. The van der Waals surface area contributed by atoms with E-state index in [0.717, 1.165) is 16.7 Å². The first kappa shape index (κ1) is 26.2. The highest BCUT2D eigenvalue weighted by Gasteiger charge is 2.36. The molecule has 190 valence electrons. The van der Waals surface area contributed by atoms with Crippen LogP contribution >= 0.6 is 23.4 Å². The number of amides is 3. The molecule has 0 radical (unpaired) electrons. The van der Waals surface area contributed by atoms with Crippen LogP contribution in [-0.4, -0.2) is 35.1 Å². The predicted molar refractivity (Wildman–Crippen MR) is 141 cm³/mol. The number of carbonyl (C=O) groups is 3. The molecule has 0 saturated carbocycles. The lowest BCUT2D eigenvalue weighted by atomic mass is 10.1. The normalized spacial score (nSPS) is 14.2. The molecule has 7 nitrogen and oxygen atoms in total. The van der Waals surface area contributed by atoms with Crippen molar-refractivity contribution in [1.82, 2.24) is 4.90 Å². The first-order chi connectivity index (χ1) is 17.9. The Morgan fingerprint density at radius 3 is 2.57 bits per heavy atom. The van der Waals surface area contributed by atoms with Crippen LogP contribution in [0.4, 0.5) is 14.9 Å². The van der Waals surface area contributed by atoms with Gasteiger partial charge in [-0.3, -0.25) is 19.3 Å². The van der Waals surface area contributed by atoms with Gasteiger partial charge in [0, 0.05) is 5.56 Å². The van der Waals surface area contributed by atoms with Crippen molar-refractivity contribution in [3.05, 3.63) is 93.6 Å². The minimum atomic E-state index is -0.581. The van der Waals surface area contributed by atoms with Crippen LogP contribution in [0.15, 0.2) is 71.6 Å². The van der Waals surface area contributed by atoms with Gasteiger partial charge in [-0.2, -0.15) is 0 Å². The number of thioether (sulfide) groups is 1. The molecule has 0 aliphatic carbocycles. The van der Waals surface area contributed by atoms with Crippen LogP contribution in [0.25, 0.3) is 6.08 Å². The number of benzene rings is 3. The number of para-hydroxylation sites is 1. The molecule has 10 heteroatoms. The minimum absolute atomic E-state index is 0.0151. The summed E-state index contributed by atoms with van der Waals surface area (Å²) in [5.41, 5.74) is 1.38. The summed E-state index contributed by atoms with van der Waals surface area (Å²) in [5, 5.41) is 2.39. The van der Waals surface area contributed by atoms with E-state index in [1.807, 2.05) is 6.92 Å². The fourth-order valence-electron chi connectivity index (χ4n) is 3.46. The molecular weight excluding hydrogens is 519 g/mol. The molecule has 3 aromatic rings. The van der Waals surface area contributed by atoms with Crippen LogP contribution in [-0.2, 0) is 16.2 Å². The summed E-state index contributed by atoms with van der Waals surface area (Å²) >= 11 is 6.79. The number of carbonyl (C=O) groups excluding carboxylic acids is 3. The molecule has 1 fully saturated rings. The van der Waals surface area contributed by atoms with Crippen LogP contribution in [0.5, 0.6) is 11.5 Å². The molecular formula is C27H22ClFN2O5S. The van der Waals surface area contributed by atoms with Crippen LogP contribution in [0.2, 0.25) is 5.02 Å². The van der Waals surface area contributed by atoms with Crippen molar-refractivity contribution in [1.29, 1.82) is 0 Å². The first-order valence-corrected chi connectivity index (χ1v) is 12.5. The summed E-state index contributed by atoms with van der Waals surface area (Å²) in [5.74, 6) is -0.681. The highest BCUT2D eigenvalue weighted by atomic mass is 35.5. The molecule has 3 aromatic carbocycles. The van der Waals surface area contributed by atoms with Gasteiger partial charge >= 0.3 is 0 Å². The molecule has 3 amide bonds. The van der Waals surface area contributed by atoms with Crippen molar-refractivity contribution < 1.29 is 28.2 Å². The Bertz CT molecular complexity index is 1380. The smallest absolute Gasteiger partial charge is 0.294 e. The maximum atomic E-state index is 13.9. The van der Waals surface area contributed by atoms with E-state index in [-0.39, 0.29) is 17.3 Å². The Hall–Kier alpha value is -3.82. The number of hydrogen-bond donors (Lipinski definition) is 1. The number of hydrogen-bond acceptors (Lipinski definition) is 6. The van der Waals surface area contributed by atoms with Gasteiger partial charge in [0.2, 0.25) is 5.91 Å². The van der Waals surface area contributed by atoms with Crippen LogP contribution < -0.4 is 14.8 Å². The van der Waals surface area contributed by atoms with Crippen LogP contribution in [0, 0.1) is 5.82 Å². The Labute approximate surface area is 222 Å². The molecule has 1 N–H and O–H groups in total. The second-order valence-corrected chi connectivity index (χ2v) is 9.22. The van der Waals surface area contributed by atoms with E-state index in [2.05, 4.69) is 5.32 Å². The lowest BCUT2D eigenvalue weighted by Gasteiger charge is -2.13. The number of imide groups is 1. The van der Waals surface area contributed by atoms with Crippen molar-refractivity contribution in [2.24, 2.45) is 0 Å². The highest BCUT2D eigenvalue weighted by molar-refractivity contribution is 8.18. The van der Waals surface area contributed by atoms with Gasteiger partial charge in [0.25, 0.3) is 11.1 Å². The van der Waals surface area contributed by atoms with E-state index in [4.69, 9.17) is 21.1 Å². The molecule has 1 aliphatic rings. The largest absolute Gasteiger partial charge is 0.490 e. The van der Waals surface area contributed by atoms with Crippen LogP contribution in [0.1, 0.15) is 18.1 Å². The summed E-state index contributed by atoms with van der Waals surface area (Å²) in [6, 6.07) is 18.0. The number of halogens is 2.